The van der Waals surface area contributed by atoms with Crippen LogP contribution in [-0.4, -0.2) is 15.4 Å². The molecule has 0 spiro atoms. The van der Waals surface area contributed by atoms with Gasteiger partial charge in [0.25, 0.3) is 0 Å². The van der Waals surface area contributed by atoms with E-state index in [4.69, 9.17) is 11.6 Å². The summed E-state index contributed by atoms with van der Waals surface area (Å²) in [6, 6.07) is 12.3. The molecule has 3 nitrogen and oxygen atoms in total. The van der Waals surface area contributed by atoms with Crippen LogP contribution in [0.5, 0.6) is 0 Å². The summed E-state index contributed by atoms with van der Waals surface area (Å²) in [5, 5.41) is 11.8. The van der Waals surface area contributed by atoms with Crippen molar-refractivity contribution >= 4 is 22.6 Å². The highest BCUT2D eigenvalue weighted by atomic mass is 35.5. The molecular weight excluding hydrogens is 270 g/mol. The fourth-order valence-electron chi connectivity index (χ4n) is 2.51. The van der Waals surface area contributed by atoms with Crippen molar-refractivity contribution in [2.75, 3.05) is 0 Å². The van der Waals surface area contributed by atoms with Crippen LogP contribution in [0.2, 0.25) is 5.02 Å². The van der Waals surface area contributed by atoms with Gasteiger partial charge in [-0.1, -0.05) is 55.3 Å². The average molecular weight is 286 g/mol. The largest absolute Gasteiger partial charge is 0.197 e. The Morgan fingerprint density at radius 2 is 1.85 bits per heavy atom. The lowest BCUT2D eigenvalue weighted by molar-refractivity contribution is 0.796. The first kappa shape index (κ1) is 13.1. The number of aromatic nitrogens is 3. The van der Waals surface area contributed by atoms with Crippen LogP contribution in [-0.2, 0) is 6.42 Å². The molecule has 1 N–H and O–H groups in total. The zero-order chi connectivity index (χ0) is 13.9. The molecule has 3 rings (SSSR count). The van der Waals surface area contributed by atoms with Gasteiger partial charge in [0.2, 0.25) is 0 Å². The van der Waals surface area contributed by atoms with E-state index in [9.17, 15) is 0 Å². The first-order valence-corrected chi connectivity index (χ1v) is 7.26. The minimum Gasteiger partial charge on any atom is -0.197 e. The van der Waals surface area contributed by atoms with E-state index in [-0.39, 0.29) is 0 Å². The number of halogens is 1. The summed E-state index contributed by atoms with van der Waals surface area (Å²) in [6.07, 6.45) is 3.30. The SMILES string of the molecule is CCCCc1cc(Cl)c2n[nH]nc2c1-c1ccccc1. The molecule has 1 aromatic heterocycles. The van der Waals surface area contributed by atoms with Gasteiger partial charge in [-0.15, -0.1) is 0 Å². The van der Waals surface area contributed by atoms with Crippen LogP contribution in [0.4, 0.5) is 0 Å². The van der Waals surface area contributed by atoms with Crippen molar-refractivity contribution < 1.29 is 0 Å². The van der Waals surface area contributed by atoms with Gasteiger partial charge in [-0.3, -0.25) is 0 Å². The zero-order valence-electron chi connectivity index (χ0n) is 11.4. The van der Waals surface area contributed by atoms with E-state index in [0.717, 1.165) is 41.4 Å². The molecule has 2 aromatic carbocycles. The molecule has 0 aliphatic heterocycles. The number of benzene rings is 2. The van der Waals surface area contributed by atoms with E-state index < -0.39 is 0 Å². The third-order valence-corrected chi connectivity index (χ3v) is 3.78. The van der Waals surface area contributed by atoms with Gasteiger partial charge in [0.1, 0.15) is 11.0 Å². The topological polar surface area (TPSA) is 41.6 Å². The molecule has 0 bridgehead atoms. The van der Waals surface area contributed by atoms with E-state index in [1.807, 2.05) is 24.3 Å². The van der Waals surface area contributed by atoms with Crippen LogP contribution in [0.15, 0.2) is 36.4 Å². The fraction of sp³-hybridized carbons (Fsp3) is 0.250. The normalized spacial score (nSPS) is 11.1. The Kier molecular flexibility index (Phi) is 3.70. The highest BCUT2D eigenvalue weighted by Gasteiger charge is 2.15. The van der Waals surface area contributed by atoms with Crippen LogP contribution >= 0.6 is 11.6 Å². The Bertz CT molecular complexity index is 719. The predicted molar refractivity (Wildman–Crippen MR) is 82.9 cm³/mol. The Morgan fingerprint density at radius 3 is 2.60 bits per heavy atom. The molecule has 0 saturated heterocycles. The van der Waals surface area contributed by atoms with Crippen LogP contribution < -0.4 is 0 Å². The minimum absolute atomic E-state index is 0.666. The molecule has 3 aromatic rings. The summed E-state index contributed by atoms with van der Waals surface area (Å²) >= 11 is 6.32. The Labute approximate surface area is 123 Å². The third kappa shape index (κ3) is 2.29. The summed E-state index contributed by atoms with van der Waals surface area (Å²) in [5.41, 5.74) is 5.14. The third-order valence-electron chi connectivity index (χ3n) is 3.50. The Hall–Kier alpha value is -1.87. The van der Waals surface area contributed by atoms with E-state index in [2.05, 4.69) is 34.5 Å². The van der Waals surface area contributed by atoms with Crippen LogP contribution in [0.1, 0.15) is 25.3 Å². The lowest BCUT2D eigenvalue weighted by Crippen LogP contribution is -1.93. The Balaban J connectivity index is 2.25. The van der Waals surface area contributed by atoms with Gasteiger partial charge in [-0.2, -0.15) is 15.4 Å². The fourth-order valence-corrected chi connectivity index (χ4v) is 2.77. The maximum atomic E-state index is 6.32. The lowest BCUT2D eigenvalue weighted by atomic mass is 9.95. The molecule has 0 aliphatic rings. The smallest absolute Gasteiger partial charge is 0.132 e. The quantitative estimate of drug-likeness (QED) is 0.760. The first-order chi connectivity index (χ1) is 9.81. The lowest BCUT2D eigenvalue weighted by Gasteiger charge is -2.11. The van der Waals surface area contributed by atoms with Gasteiger partial charge in [-0.25, -0.2) is 0 Å². The van der Waals surface area contributed by atoms with Crippen LogP contribution in [0.3, 0.4) is 0 Å². The molecular formula is C16H16ClN3. The van der Waals surface area contributed by atoms with Gasteiger partial charge in [0.15, 0.2) is 0 Å². The zero-order valence-corrected chi connectivity index (χ0v) is 12.1. The summed E-state index contributed by atoms with van der Waals surface area (Å²) in [7, 11) is 0. The number of unbranched alkanes of at least 4 members (excludes halogenated alkanes) is 1. The number of hydrogen-bond donors (Lipinski definition) is 1. The number of fused-ring (bicyclic) bond motifs is 1. The predicted octanol–water partition coefficient (Wildman–Crippen LogP) is 4.62. The summed E-state index contributed by atoms with van der Waals surface area (Å²) in [5.74, 6) is 0. The van der Waals surface area contributed by atoms with E-state index in [1.54, 1.807) is 0 Å². The molecule has 0 radical (unpaired) electrons. The molecule has 0 atom stereocenters. The van der Waals surface area contributed by atoms with Crippen molar-refractivity contribution in [3.05, 3.63) is 47.0 Å². The van der Waals surface area contributed by atoms with Crippen molar-refractivity contribution in [3.63, 3.8) is 0 Å². The molecule has 20 heavy (non-hydrogen) atoms. The van der Waals surface area contributed by atoms with E-state index in [1.165, 1.54) is 5.56 Å². The highest BCUT2D eigenvalue weighted by molar-refractivity contribution is 6.35. The molecule has 4 heteroatoms. The number of H-pyrrole nitrogens is 1. The monoisotopic (exact) mass is 285 g/mol. The second-order valence-electron chi connectivity index (χ2n) is 4.88. The molecule has 1 heterocycles. The van der Waals surface area contributed by atoms with Gasteiger partial charge in [0, 0.05) is 5.56 Å². The van der Waals surface area contributed by atoms with Gasteiger partial charge in [0.05, 0.1) is 5.02 Å². The second kappa shape index (κ2) is 5.63. The Morgan fingerprint density at radius 1 is 1.10 bits per heavy atom. The summed E-state index contributed by atoms with van der Waals surface area (Å²) in [6.45, 7) is 2.19. The van der Waals surface area contributed by atoms with Crippen molar-refractivity contribution in [2.45, 2.75) is 26.2 Å². The summed E-state index contributed by atoms with van der Waals surface area (Å²) in [4.78, 5) is 0. The standard InChI is InChI=1S/C16H16ClN3/c1-2-3-7-12-10-13(17)15-16(19-20-18-15)14(12)11-8-5-4-6-9-11/h4-6,8-10H,2-3,7H2,1H3,(H,18,19,20). The van der Waals surface area contributed by atoms with Crippen LogP contribution in [0, 0.1) is 0 Å². The molecule has 0 unspecified atom stereocenters. The van der Waals surface area contributed by atoms with Crippen molar-refractivity contribution in [2.24, 2.45) is 0 Å². The molecule has 0 aliphatic carbocycles. The number of nitrogens with one attached hydrogen (secondary N) is 1. The number of rotatable bonds is 4. The number of aromatic amines is 1. The van der Waals surface area contributed by atoms with Crippen LogP contribution in [0.25, 0.3) is 22.2 Å². The molecule has 102 valence electrons. The summed E-state index contributed by atoms with van der Waals surface area (Å²) < 4.78 is 0. The number of hydrogen-bond acceptors (Lipinski definition) is 2. The van der Waals surface area contributed by atoms with Crippen molar-refractivity contribution in [3.8, 4) is 11.1 Å². The van der Waals surface area contributed by atoms with Crippen molar-refractivity contribution in [1.82, 2.24) is 15.4 Å². The molecule has 0 saturated carbocycles. The maximum Gasteiger partial charge on any atom is 0.132 e. The molecule has 0 fully saturated rings. The minimum atomic E-state index is 0.666. The maximum absolute atomic E-state index is 6.32. The van der Waals surface area contributed by atoms with Gasteiger partial charge in [-0.05, 0) is 30.0 Å². The van der Waals surface area contributed by atoms with E-state index >= 15 is 0 Å². The van der Waals surface area contributed by atoms with Gasteiger partial charge < -0.3 is 0 Å². The first-order valence-electron chi connectivity index (χ1n) is 6.88. The average Bonchev–Trinajstić information content (AvgIpc) is 2.96. The van der Waals surface area contributed by atoms with Gasteiger partial charge >= 0.3 is 0 Å². The van der Waals surface area contributed by atoms with E-state index in [0.29, 0.717) is 5.02 Å². The second-order valence-corrected chi connectivity index (χ2v) is 5.29. The molecule has 0 amide bonds. The number of aryl methyl sites for hydroxylation is 1. The highest BCUT2D eigenvalue weighted by Crippen LogP contribution is 2.35. The number of nitrogens with zero attached hydrogens (tertiary/aromatic N) is 2. The van der Waals surface area contributed by atoms with Crippen molar-refractivity contribution in [1.29, 1.82) is 0 Å².